The summed E-state index contributed by atoms with van der Waals surface area (Å²) in [7, 11) is -3.52. The SMILES string of the molecule is Cc1cc(CCOS(C)(=O)=O)c2oc(-c3ccncc3)cc(=O)c2c1. The minimum absolute atomic E-state index is 0.0133. The fourth-order valence-corrected chi connectivity index (χ4v) is 3.02. The number of benzene rings is 1. The molecule has 7 heteroatoms. The molecule has 2 aromatic heterocycles. The van der Waals surface area contributed by atoms with Gasteiger partial charge in [0.1, 0.15) is 11.3 Å². The van der Waals surface area contributed by atoms with E-state index in [2.05, 4.69) is 4.98 Å². The minimum atomic E-state index is -3.52. The molecule has 0 radical (unpaired) electrons. The van der Waals surface area contributed by atoms with Gasteiger partial charge in [0, 0.05) is 30.4 Å². The summed E-state index contributed by atoms with van der Waals surface area (Å²) in [4.78, 5) is 16.5. The molecule has 3 rings (SSSR count). The Hall–Kier alpha value is -2.51. The smallest absolute Gasteiger partial charge is 0.264 e. The van der Waals surface area contributed by atoms with E-state index in [-0.39, 0.29) is 12.0 Å². The Morgan fingerprint density at radius 2 is 1.88 bits per heavy atom. The first-order valence-electron chi connectivity index (χ1n) is 7.66. The van der Waals surface area contributed by atoms with Crippen LogP contribution in [0.3, 0.4) is 0 Å². The van der Waals surface area contributed by atoms with Crippen LogP contribution in [0.25, 0.3) is 22.3 Å². The average Bonchev–Trinajstić information content (AvgIpc) is 2.55. The molecular formula is C18H17NO5S. The zero-order chi connectivity index (χ0) is 18.0. The number of pyridine rings is 1. The van der Waals surface area contributed by atoms with Crippen LogP contribution in [-0.4, -0.2) is 26.3 Å². The number of fused-ring (bicyclic) bond motifs is 1. The molecule has 0 aliphatic carbocycles. The molecule has 0 fully saturated rings. The Bertz CT molecular complexity index is 1070. The van der Waals surface area contributed by atoms with E-state index >= 15 is 0 Å². The van der Waals surface area contributed by atoms with Crippen molar-refractivity contribution in [1.82, 2.24) is 4.98 Å². The van der Waals surface area contributed by atoms with Crippen LogP contribution >= 0.6 is 0 Å². The first-order chi connectivity index (χ1) is 11.8. The molecule has 0 saturated carbocycles. The number of aryl methyl sites for hydroxylation is 1. The minimum Gasteiger partial charge on any atom is -0.456 e. The van der Waals surface area contributed by atoms with Gasteiger partial charge in [-0.25, -0.2) is 0 Å². The van der Waals surface area contributed by atoms with Gasteiger partial charge in [0.2, 0.25) is 0 Å². The highest BCUT2D eigenvalue weighted by molar-refractivity contribution is 7.85. The first-order valence-corrected chi connectivity index (χ1v) is 9.47. The summed E-state index contributed by atoms with van der Waals surface area (Å²) >= 11 is 0. The number of nitrogens with zero attached hydrogens (tertiary/aromatic N) is 1. The third-order valence-corrected chi connectivity index (χ3v) is 4.28. The number of hydrogen-bond acceptors (Lipinski definition) is 6. The molecule has 0 amide bonds. The fourth-order valence-electron chi connectivity index (χ4n) is 2.64. The molecule has 6 nitrogen and oxygen atoms in total. The molecule has 130 valence electrons. The molecule has 0 aliphatic rings. The van der Waals surface area contributed by atoms with Crippen LogP contribution in [0.1, 0.15) is 11.1 Å². The van der Waals surface area contributed by atoms with Crippen molar-refractivity contribution in [2.24, 2.45) is 0 Å². The van der Waals surface area contributed by atoms with Gasteiger partial charge in [0.15, 0.2) is 5.43 Å². The van der Waals surface area contributed by atoms with Crippen LogP contribution in [0, 0.1) is 6.92 Å². The van der Waals surface area contributed by atoms with Crippen molar-refractivity contribution >= 4 is 21.1 Å². The number of aromatic nitrogens is 1. The average molecular weight is 359 g/mol. The van der Waals surface area contributed by atoms with Gasteiger partial charge in [0.05, 0.1) is 18.2 Å². The zero-order valence-electron chi connectivity index (χ0n) is 13.9. The largest absolute Gasteiger partial charge is 0.456 e. The normalized spacial score (nSPS) is 11.8. The second kappa shape index (κ2) is 6.78. The van der Waals surface area contributed by atoms with Gasteiger partial charge in [-0.05, 0) is 36.2 Å². The highest BCUT2D eigenvalue weighted by Gasteiger charge is 2.12. The molecule has 25 heavy (non-hydrogen) atoms. The maximum absolute atomic E-state index is 12.5. The van der Waals surface area contributed by atoms with Gasteiger partial charge >= 0.3 is 0 Å². The Morgan fingerprint density at radius 1 is 1.16 bits per heavy atom. The Morgan fingerprint density at radius 3 is 2.56 bits per heavy atom. The topological polar surface area (TPSA) is 86.5 Å². The van der Waals surface area contributed by atoms with Gasteiger partial charge in [-0.2, -0.15) is 8.42 Å². The fraction of sp³-hybridized carbons (Fsp3) is 0.222. The third kappa shape index (κ3) is 4.12. The van der Waals surface area contributed by atoms with Crippen molar-refractivity contribution in [2.45, 2.75) is 13.3 Å². The summed E-state index contributed by atoms with van der Waals surface area (Å²) in [6.07, 6.45) is 4.56. The Balaban J connectivity index is 2.09. The van der Waals surface area contributed by atoms with E-state index in [0.29, 0.717) is 23.2 Å². The maximum atomic E-state index is 12.5. The Labute approximate surface area is 145 Å². The lowest BCUT2D eigenvalue weighted by atomic mass is 10.0. The Kier molecular flexibility index (Phi) is 4.69. The summed E-state index contributed by atoms with van der Waals surface area (Å²) in [5.74, 6) is 0.439. The van der Waals surface area contributed by atoms with Crippen LogP contribution < -0.4 is 5.43 Å². The second-order valence-electron chi connectivity index (χ2n) is 5.79. The van der Waals surface area contributed by atoms with Crippen molar-refractivity contribution in [3.8, 4) is 11.3 Å². The molecule has 0 N–H and O–H groups in total. The molecule has 0 atom stereocenters. The lowest BCUT2D eigenvalue weighted by molar-refractivity contribution is 0.325. The van der Waals surface area contributed by atoms with Crippen LogP contribution in [0.2, 0.25) is 0 Å². The summed E-state index contributed by atoms with van der Waals surface area (Å²) in [6, 6.07) is 8.59. The van der Waals surface area contributed by atoms with Crippen molar-refractivity contribution in [1.29, 1.82) is 0 Å². The van der Waals surface area contributed by atoms with Crippen LogP contribution in [0.5, 0.6) is 0 Å². The second-order valence-corrected chi connectivity index (χ2v) is 7.43. The molecular weight excluding hydrogens is 342 g/mol. The van der Waals surface area contributed by atoms with E-state index in [9.17, 15) is 13.2 Å². The monoisotopic (exact) mass is 359 g/mol. The van der Waals surface area contributed by atoms with E-state index in [1.807, 2.05) is 13.0 Å². The van der Waals surface area contributed by atoms with Crippen LogP contribution in [0.15, 0.2) is 51.9 Å². The summed E-state index contributed by atoms with van der Waals surface area (Å²) < 4.78 is 33.1. The summed E-state index contributed by atoms with van der Waals surface area (Å²) in [5.41, 5.74) is 2.66. The first kappa shape index (κ1) is 17.3. The summed E-state index contributed by atoms with van der Waals surface area (Å²) in [5, 5.41) is 0.465. The van der Waals surface area contributed by atoms with Gasteiger partial charge in [-0.3, -0.25) is 14.0 Å². The van der Waals surface area contributed by atoms with Gasteiger partial charge in [0.25, 0.3) is 10.1 Å². The molecule has 2 heterocycles. The molecule has 0 bridgehead atoms. The molecule has 0 aliphatic heterocycles. The van der Waals surface area contributed by atoms with Crippen LogP contribution in [0.4, 0.5) is 0 Å². The highest BCUT2D eigenvalue weighted by atomic mass is 32.2. The van der Waals surface area contributed by atoms with Crippen LogP contribution in [-0.2, 0) is 20.7 Å². The molecule has 0 spiro atoms. The number of hydrogen-bond donors (Lipinski definition) is 0. The van der Waals surface area contributed by atoms with E-state index in [1.165, 1.54) is 6.07 Å². The van der Waals surface area contributed by atoms with Gasteiger partial charge in [-0.15, -0.1) is 0 Å². The van der Waals surface area contributed by atoms with Crippen molar-refractivity contribution in [3.63, 3.8) is 0 Å². The maximum Gasteiger partial charge on any atom is 0.264 e. The predicted molar refractivity (Wildman–Crippen MR) is 95.0 cm³/mol. The summed E-state index contributed by atoms with van der Waals surface area (Å²) in [6.45, 7) is 1.86. The lowest BCUT2D eigenvalue weighted by Crippen LogP contribution is -2.08. The lowest BCUT2D eigenvalue weighted by Gasteiger charge is -2.09. The molecule has 3 aromatic rings. The third-order valence-electron chi connectivity index (χ3n) is 3.68. The molecule has 0 unspecified atom stereocenters. The highest BCUT2D eigenvalue weighted by Crippen LogP contribution is 2.25. The van der Waals surface area contributed by atoms with E-state index in [0.717, 1.165) is 22.9 Å². The van der Waals surface area contributed by atoms with Crippen molar-refractivity contribution < 1.29 is 17.0 Å². The van der Waals surface area contributed by atoms with Gasteiger partial charge < -0.3 is 4.42 Å². The van der Waals surface area contributed by atoms with Gasteiger partial charge in [-0.1, -0.05) is 6.07 Å². The quantitative estimate of drug-likeness (QED) is 0.651. The molecule has 0 saturated heterocycles. The van der Waals surface area contributed by atoms with E-state index < -0.39 is 10.1 Å². The number of rotatable bonds is 5. The zero-order valence-corrected chi connectivity index (χ0v) is 14.7. The standard InChI is InChI=1S/C18H17NO5S/c1-12-9-14(5-8-23-25(2,21)22)18-15(10-12)16(20)11-17(24-18)13-3-6-19-7-4-13/h3-4,6-7,9-11H,5,8H2,1-2H3. The molecule has 1 aromatic carbocycles. The van der Waals surface area contributed by atoms with E-state index in [4.69, 9.17) is 8.60 Å². The van der Waals surface area contributed by atoms with Crippen molar-refractivity contribution in [2.75, 3.05) is 12.9 Å². The predicted octanol–water partition coefficient (Wildman–Crippen LogP) is 2.68. The van der Waals surface area contributed by atoms with Crippen molar-refractivity contribution in [3.05, 3.63) is 64.1 Å². The van der Waals surface area contributed by atoms with E-state index in [1.54, 1.807) is 30.6 Å².